The number of nitrogens with two attached hydrogens (primary N) is 1. The van der Waals surface area contributed by atoms with E-state index in [1.54, 1.807) is 12.1 Å². The standard InChI is InChI=1S/C13H17ClN2O2/c14-12-7-11(4-3-10(12)8-15)18-9-13(17)16-5-1-2-6-16/h3-4,7H,1-2,5-6,8-9,15H2. The molecule has 0 radical (unpaired) electrons. The monoisotopic (exact) mass is 268 g/mol. The normalized spacial score (nSPS) is 14.9. The number of hydrogen-bond donors (Lipinski definition) is 1. The lowest BCUT2D eigenvalue weighted by atomic mass is 10.2. The third kappa shape index (κ3) is 3.15. The molecular formula is C13H17ClN2O2. The van der Waals surface area contributed by atoms with Gasteiger partial charge in [-0.1, -0.05) is 17.7 Å². The maximum atomic E-state index is 11.8. The molecule has 0 spiro atoms. The summed E-state index contributed by atoms with van der Waals surface area (Å²) in [6.45, 7) is 2.15. The second-order valence-electron chi connectivity index (χ2n) is 4.33. The molecule has 1 saturated heterocycles. The van der Waals surface area contributed by atoms with Crippen molar-refractivity contribution in [2.75, 3.05) is 19.7 Å². The Bertz CT molecular complexity index is 431. The molecule has 0 aromatic heterocycles. The molecule has 1 amide bonds. The zero-order valence-electron chi connectivity index (χ0n) is 10.2. The van der Waals surface area contributed by atoms with Gasteiger partial charge in [-0.2, -0.15) is 0 Å². The molecule has 98 valence electrons. The summed E-state index contributed by atoms with van der Waals surface area (Å²) < 4.78 is 5.44. The zero-order valence-corrected chi connectivity index (χ0v) is 10.9. The van der Waals surface area contributed by atoms with Crippen LogP contribution in [0.1, 0.15) is 18.4 Å². The first kappa shape index (κ1) is 13.2. The zero-order chi connectivity index (χ0) is 13.0. The summed E-state index contributed by atoms with van der Waals surface area (Å²) >= 11 is 6.02. The summed E-state index contributed by atoms with van der Waals surface area (Å²) in [5, 5.41) is 0.573. The molecule has 2 N–H and O–H groups in total. The van der Waals surface area contributed by atoms with Crippen molar-refractivity contribution >= 4 is 17.5 Å². The van der Waals surface area contributed by atoms with Crippen molar-refractivity contribution in [3.63, 3.8) is 0 Å². The summed E-state index contributed by atoms with van der Waals surface area (Å²) in [5.74, 6) is 0.635. The molecule has 1 aromatic carbocycles. The van der Waals surface area contributed by atoms with E-state index in [4.69, 9.17) is 22.1 Å². The lowest BCUT2D eigenvalue weighted by Gasteiger charge is -2.15. The predicted molar refractivity (Wildman–Crippen MR) is 70.7 cm³/mol. The fraction of sp³-hybridized carbons (Fsp3) is 0.462. The molecular weight excluding hydrogens is 252 g/mol. The summed E-state index contributed by atoms with van der Waals surface area (Å²) in [5.41, 5.74) is 6.39. The van der Waals surface area contributed by atoms with Crippen molar-refractivity contribution in [1.82, 2.24) is 4.90 Å². The third-order valence-electron chi connectivity index (χ3n) is 3.07. The number of halogens is 1. The molecule has 5 heteroatoms. The van der Waals surface area contributed by atoms with Crippen molar-refractivity contribution in [2.24, 2.45) is 5.73 Å². The first-order valence-electron chi connectivity index (χ1n) is 6.10. The van der Waals surface area contributed by atoms with Crippen LogP contribution in [0, 0.1) is 0 Å². The average molecular weight is 269 g/mol. The highest BCUT2D eigenvalue weighted by Crippen LogP contribution is 2.22. The van der Waals surface area contributed by atoms with E-state index in [-0.39, 0.29) is 12.5 Å². The smallest absolute Gasteiger partial charge is 0.260 e. The number of amides is 1. The Morgan fingerprint density at radius 1 is 1.39 bits per heavy atom. The number of carbonyl (C=O) groups excluding carboxylic acids is 1. The first-order chi connectivity index (χ1) is 8.70. The lowest BCUT2D eigenvalue weighted by molar-refractivity contribution is -0.132. The molecule has 0 aliphatic carbocycles. The fourth-order valence-electron chi connectivity index (χ4n) is 1.99. The van der Waals surface area contributed by atoms with Gasteiger partial charge in [0.05, 0.1) is 0 Å². The molecule has 0 saturated carbocycles. The van der Waals surface area contributed by atoms with Crippen molar-refractivity contribution in [3.8, 4) is 5.75 Å². The number of nitrogens with zero attached hydrogens (tertiary/aromatic N) is 1. The van der Waals surface area contributed by atoms with Gasteiger partial charge in [-0.05, 0) is 30.5 Å². The second-order valence-corrected chi connectivity index (χ2v) is 4.74. The Balaban J connectivity index is 1.89. The van der Waals surface area contributed by atoms with Crippen molar-refractivity contribution < 1.29 is 9.53 Å². The summed E-state index contributed by atoms with van der Waals surface area (Å²) in [6, 6.07) is 5.30. The molecule has 2 rings (SSSR count). The lowest BCUT2D eigenvalue weighted by Crippen LogP contribution is -2.32. The molecule has 0 atom stereocenters. The minimum atomic E-state index is 0.0338. The molecule has 4 nitrogen and oxygen atoms in total. The SMILES string of the molecule is NCc1ccc(OCC(=O)N2CCCC2)cc1Cl. The fourth-order valence-corrected chi connectivity index (χ4v) is 2.23. The first-order valence-corrected chi connectivity index (χ1v) is 6.47. The number of carbonyl (C=O) groups is 1. The summed E-state index contributed by atoms with van der Waals surface area (Å²) in [7, 11) is 0. The van der Waals surface area contributed by atoms with E-state index in [0.717, 1.165) is 31.5 Å². The highest BCUT2D eigenvalue weighted by molar-refractivity contribution is 6.31. The van der Waals surface area contributed by atoms with E-state index in [1.807, 2.05) is 11.0 Å². The number of benzene rings is 1. The van der Waals surface area contributed by atoms with Gasteiger partial charge in [-0.3, -0.25) is 4.79 Å². The maximum Gasteiger partial charge on any atom is 0.260 e. The van der Waals surface area contributed by atoms with Crippen molar-refractivity contribution in [2.45, 2.75) is 19.4 Å². The van der Waals surface area contributed by atoms with E-state index in [2.05, 4.69) is 0 Å². The molecule has 1 aliphatic heterocycles. The predicted octanol–water partition coefficient (Wildman–Crippen LogP) is 1.80. The van der Waals surface area contributed by atoms with Crippen molar-refractivity contribution in [3.05, 3.63) is 28.8 Å². The van der Waals surface area contributed by atoms with Gasteiger partial charge in [0.15, 0.2) is 6.61 Å². The number of ether oxygens (including phenoxy) is 1. The molecule has 18 heavy (non-hydrogen) atoms. The van der Waals surface area contributed by atoms with Crippen molar-refractivity contribution in [1.29, 1.82) is 0 Å². The number of likely N-dealkylation sites (tertiary alicyclic amines) is 1. The van der Waals surface area contributed by atoms with E-state index in [1.165, 1.54) is 0 Å². The van der Waals surface area contributed by atoms with Crippen LogP contribution in [0.3, 0.4) is 0 Å². The maximum absolute atomic E-state index is 11.8. The molecule has 0 bridgehead atoms. The number of rotatable bonds is 4. The van der Waals surface area contributed by atoms with E-state index < -0.39 is 0 Å². The summed E-state index contributed by atoms with van der Waals surface area (Å²) in [4.78, 5) is 13.6. The van der Waals surface area contributed by atoms with Gasteiger partial charge in [0, 0.05) is 24.7 Å². The largest absolute Gasteiger partial charge is 0.484 e. The Morgan fingerprint density at radius 3 is 2.72 bits per heavy atom. The van der Waals surface area contributed by atoms with E-state index in [9.17, 15) is 4.79 Å². The van der Waals surface area contributed by atoms with E-state index in [0.29, 0.717) is 17.3 Å². The van der Waals surface area contributed by atoms with Gasteiger partial charge < -0.3 is 15.4 Å². The van der Waals surface area contributed by atoms with Gasteiger partial charge in [-0.25, -0.2) is 0 Å². The van der Waals surface area contributed by atoms with Gasteiger partial charge >= 0.3 is 0 Å². The highest BCUT2D eigenvalue weighted by atomic mass is 35.5. The average Bonchev–Trinajstić information content (AvgIpc) is 2.90. The molecule has 1 aromatic rings. The molecule has 1 fully saturated rings. The van der Waals surface area contributed by atoms with Crippen LogP contribution in [0.4, 0.5) is 0 Å². The van der Waals surface area contributed by atoms with Gasteiger partial charge in [0.2, 0.25) is 0 Å². The van der Waals surface area contributed by atoms with Crippen LogP contribution in [0.5, 0.6) is 5.75 Å². The number of hydrogen-bond acceptors (Lipinski definition) is 3. The quantitative estimate of drug-likeness (QED) is 0.906. The molecule has 1 aliphatic rings. The van der Waals surface area contributed by atoms with Crippen LogP contribution in [0.15, 0.2) is 18.2 Å². The Kier molecular flexibility index (Phi) is 4.44. The van der Waals surface area contributed by atoms with Crippen LogP contribution in [0.2, 0.25) is 5.02 Å². The van der Waals surface area contributed by atoms with Crippen LogP contribution in [-0.4, -0.2) is 30.5 Å². The highest BCUT2D eigenvalue weighted by Gasteiger charge is 2.18. The van der Waals surface area contributed by atoms with E-state index >= 15 is 0 Å². The Morgan fingerprint density at radius 2 is 2.11 bits per heavy atom. The summed E-state index contributed by atoms with van der Waals surface area (Å²) in [6.07, 6.45) is 2.17. The minimum absolute atomic E-state index is 0.0338. The van der Waals surface area contributed by atoms with Crippen LogP contribution in [-0.2, 0) is 11.3 Å². The van der Waals surface area contributed by atoms with Crippen LogP contribution >= 0.6 is 11.6 Å². The van der Waals surface area contributed by atoms with Gasteiger partial charge in [0.25, 0.3) is 5.91 Å². The topological polar surface area (TPSA) is 55.6 Å². The Hall–Kier alpha value is -1.26. The van der Waals surface area contributed by atoms with Crippen LogP contribution < -0.4 is 10.5 Å². The second kappa shape index (κ2) is 6.07. The Labute approximate surface area is 112 Å². The van der Waals surface area contributed by atoms with Crippen LogP contribution in [0.25, 0.3) is 0 Å². The van der Waals surface area contributed by atoms with Gasteiger partial charge in [0.1, 0.15) is 5.75 Å². The molecule has 1 heterocycles. The van der Waals surface area contributed by atoms with Gasteiger partial charge in [-0.15, -0.1) is 0 Å². The molecule has 0 unspecified atom stereocenters. The minimum Gasteiger partial charge on any atom is -0.484 e. The third-order valence-corrected chi connectivity index (χ3v) is 3.42.